The van der Waals surface area contributed by atoms with Crippen molar-refractivity contribution >= 4 is 17.7 Å². The van der Waals surface area contributed by atoms with Crippen LogP contribution in [-0.2, 0) is 11.0 Å². The minimum atomic E-state index is -4.46. The lowest BCUT2D eigenvalue weighted by molar-refractivity contribution is -0.138. The number of hydrogen-bond donors (Lipinski definition) is 3. The van der Waals surface area contributed by atoms with Gasteiger partial charge in [-0.15, -0.1) is 0 Å². The summed E-state index contributed by atoms with van der Waals surface area (Å²) in [6.45, 7) is 7.87. The van der Waals surface area contributed by atoms with Crippen LogP contribution < -0.4 is 10.6 Å². The highest BCUT2D eigenvalue weighted by molar-refractivity contribution is 5.94. The second-order valence-corrected chi connectivity index (χ2v) is 9.33. The van der Waals surface area contributed by atoms with Crippen molar-refractivity contribution in [1.29, 1.82) is 0 Å². The molecule has 11 heteroatoms. The normalized spacial score (nSPS) is 12.4. The van der Waals surface area contributed by atoms with Gasteiger partial charge in [-0.1, -0.05) is 26.0 Å². The molecule has 37 heavy (non-hydrogen) atoms. The summed E-state index contributed by atoms with van der Waals surface area (Å²) in [4.78, 5) is 27.1. The number of carbonyl (C=O) groups excluding carboxylic acids is 1. The van der Waals surface area contributed by atoms with Crippen LogP contribution in [0.2, 0.25) is 0 Å². The largest absolute Gasteiger partial charge is 0.481 e. The van der Waals surface area contributed by atoms with Gasteiger partial charge in [0.2, 0.25) is 0 Å². The Morgan fingerprint density at radius 1 is 1.11 bits per heavy atom. The number of aliphatic carboxylic acids is 1. The molecule has 0 saturated heterocycles. The van der Waals surface area contributed by atoms with Crippen LogP contribution in [0.25, 0.3) is 5.69 Å². The fraction of sp³-hybridized carbons (Fsp3) is 0.385. The molecule has 0 saturated carbocycles. The molecule has 1 aromatic carbocycles. The minimum Gasteiger partial charge on any atom is -0.481 e. The van der Waals surface area contributed by atoms with Crippen LogP contribution in [0.3, 0.4) is 0 Å². The monoisotopic (exact) mass is 517 g/mol. The van der Waals surface area contributed by atoms with Crippen LogP contribution in [-0.4, -0.2) is 38.3 Å². The Morgan fingerprint density at radius 3 is 2.30 bits per heavy atom. The molecule has 3 aromatic rings. The number of alkyl halides is 3. The third-order valence-corrected chi connectivity index (χ3v) is 5.73. The molecule has 1 amide bonds. The molecule has 0 radical (unpaired) electrons. The van der Waals surface area contributed by atoms with Gasteiger partial charge in [0, 0.05) is 18.9 Å². The second kappa shape index (κ2) is 11.4. The van der Waals surface area contributed by atoms with Crippen molar-refractivity contribution in [3.05, 3.63) is 70.7 Å². The highest BCUT2D eigenvalue weighted by atomic mass is 19.4. The van der Waals surface area contributed by atoms with E-state index in [1.54, 1.807) is 12.1 Å². The van der Waals surface area contributed by atoms with Gasteiger partial charge in [0.25, 0.3) is 5.91 Å². The molecular weight excluding hydrogens is 487 g/mol. The number of nitrogens with zero attached hydrogens (tertiary/aromatic N) is 3. The van der Waals surface area contributed by atoms with E-state index in [1.807, 2.05) is 26.0 Å². The zero-order valence-corrected chi connectivity index (χ0v) is 21.1. The average Bonchev–Trinajstić information content (AvgIpc) is 3.28. The van der Waals surface area contributed by atoms with E-state index in [2.05, 4.69) is 34.6 Å². The highest BCUT2D eigenvalue weighted by Gasteiger charge is 2.32. The first kappa shape index (κ1) is 27.7. The SMILES string of the molecule is Cc1cc([C@@H](CC(C)C)Nc2ccc(C(=O)NCCC(=O)O)cn2)cc(C)c1-n1cc(C(F)(F)F)cn1. The number of nitrogens with one attached hydrogen (secondary N) is 2. The van der Waals surface area contributed by atoms with E-state index in [4.69, 9.17) is 5.11 Å². The Bertz CT molecular complexity index is 1230. The fourth-order valence-corrected chi connectivity index (χ4v) is 4.07. The maximum absolute atomic E-state index is 13.1. The zero-order chi connectivity index (χ0) is 27.3. The molecule has 0 unspecified atom stereocenters. The van der Waals surface area contributed by atoms with Crippen molar-refractivity contribution in [2.75, 3.05) is 11.9 Å². The number of carbonyl (C=O) groups is 2. The molecule has 2 heterocycles. The third-order valence-electron chi connectivity index (χ3n) is 5.73. The van der Waals surface area contributed by atoms with E-state index in [-0.39, 0.29) is 19.0 Å². The molecule has 1 atom stereocenters. The first-order valence-corrected chi connectivity index (χ1v) is 11.8. The maximum Gasteiger partial charge on any atom is 0.419 e. The van der Waals surface area contributed by atoms with Crippen molar-refractivity contribution in [2.24, 2.45) is 5.92 Å². The average molecular weight is 518 g/mol. The van der Waals surface area contributed by atoms with E-state index >= 15 is 0 Å². The maximum atomic E-state index is 13.1. The number of benzene rings is 1. The Balaban J connectivity index is 1.81. The van der Waals surface area contributed by atoms with Gasteiger partial charge in [0.15, 0.2) is 0 Å². The topological polar surface area (TPSA) is 109 Å². The number of amides is 1. The minimum absolute atomic E-state index is 0.0232. The number of carboxylic acid groups (broad SMARTS) is 1. The van der Waals surface area contributed by atoms with Crippen LogP contribution in [0, 0.1) is 19.8 Å². The standard InChI is InChI=1S/C26H30F3N5O3/c1-15(2)9-21(33-22-6-5-18(12-31-22)25(37)30-8-7-23(35)36)19-10-16(3)24(17(4)11-19)34-14-20(13-32-34)26(27,28)29/h5-6,10-15,21H,7-9H2,1-4H3,(H,30,37)(H,31,33)(H,35,36)/t21-/m1/s1. The Morgan fingerprint density at radius 2 is 1.78 bits per heavy atom. The molecule has 0 aliphatic heterocycles. The Kier molecular flexibility index (Phi) is 8.57. The number of anilines is 1. The van der Waals surface area contributed by atoms with Gasteiger partial charge < -0.3 is 15.7 Å². The number of rotatable bonds is 10. The number of aryl methyl sites for hydroxylation is 2. The van der Waals surface area contributed by atoms with E-state index in [0.29, 0.717) is 23.0 Å². The van der Waals surface area contributed by atoms with Gasteiger partial charge >= 0.3 is 12.1 Å². The van der Waals surface area contributed by atoms with Gasteiger partial charge in [-0.2, -0.15) is 18.3 Å². The Hall–Kier alpha value is -3.89. The van der Waals surface area contributed by atoms with Crippen LogP contribution in [0.15, 0.2) is 42.9 Å². The number of hydrogen-bond acceptors (Lipinski definition) is 5. The molecule has 0 spiro atoms. The summed E-state index contributed by atoms with van der Waals surface area (Å²) in [5.41, 5.74) is 2.61. The fourth-order valence-electron chi connectivity index (χ4n) is 4.07. The van der Waals surface area contributed by atoms with Crippen LogP contribution in [0.1, 0.15) is 65.3 Å². The molecule has 0 bridgehead atoms. The predicted octanol–water partition coefficient (Wildman–Crippen LogP) is 5.31. The molecule has 0 aliphatic carbocycles. The molecule has 2 aromatic heterocycles. The van der Waals surface area contributed by atoms with Crippen LogP contribution in [0.4, 0.5) is 19.0 Å². The van der Waals surface area contributed by atoms with Gasteiger partial charge in [0.05, 0.1) is 35.5 Å². The van der Waals surface area contributed by atoms with Crippen molar-refractivity contribution in [3.8, 4) is 5.69 Å². The first-order valence-electron chi connectivity index (χ1n) is 11.8. The lowest BCUT2D eigenvalue weighted by atomic mass is 9.93. The molecule has 3 N–H and O–H groups in total. The van der Waals surface area contributed by atoms with Gasteiger partial charge in [-0.05, 0) is 55.0 Å². The number of carboxylic acids is 1. The van der Waals surface area contributed by atoms with E-state index in [9.17, 15) is 22.8 Å². The van der Waals surface area contributed by atoms with Crippen LogP contribution >= 0.6 is 0 Å². The van der Waals surface area contributed by atoms with E-state index in [0.717, 1.165) is 35.5 Å². The Labute approximate surface area is 212 Å². The van der Waals surface area contributed by atoms with Crippen molar-refractivity contribution in [1.82, 2.24) is 20.1 Å². The third kappa shape index (κ3) is 7.31. The lowest BCUT2D eigenvalue weighted by Gasteiger charge is -2.24. The second-order valence-electron chi connectivity index (χ2n) is 9.33. The van der Waals surface area contributed by atoms with Crippen molar-refractivity contribution in [2.45, 2.75) is 52.8 Å². The van der Waals surface area contributed by atoms with Gasteiger partial charge in [-0.3, -0.25) is 9.59 Å². The number of halogens is 3. The molecule has 198 valence electrons. The predicted molar refractivity (Wildman–Crippen MR) is 133 cm³/mol. The molecule has 0 fully saturated rings. The van der Waals surface area contributed by atoms with Crippen LogP contribution in [0.5, 0.6) is 0 Å². The van der Waals surface area contributed by atoms with E-state index < -0.39 is 23.6 Å². The summed E-state index contributed by atoms with van der Waals surface area (Å²) < 4.78 is 40.4. The molecule has 0 aliphatic rings. The summed E-state index contributed by atoms with van der Waals surface area (Å²) >= 11 is 0. The quantitative estimate of drug-likeness (QED) is 0.337. The smallest absolute Gasteiger partial charge is 0.419 e. The lowest BCUT2D eigenvalue weighted by Crippen LogP contribution is -2.26. The number of aromatic nitrogens is 3. The zero-order valence-electron chi connectivity index (χ0n) is 21.1. The van der Waals surface area contributed by atoms with E-state index in [1.165, 1.54) is 10.9 Å². The van der Waals surface area contributed by atoms with Gasteiger partial charge in [0.1, 0.15) is 5.82 Å². The summed E-state index contributed by atoms with van der Waals surface area (Å²) in [5, 5.41) is 18.5. The van der Waals surface area contributed by atoms with Crippen molar-refractivity contribution in [3.63, 3.8) is 0 Å². The van der Waals surface area contributed by atoms with Gasteiger partial charge in [-0.25, -0.2) is 9.67 Å². The summed E-state index contributed by atoms with van der Waals surface area (Å²) in [6.07, 6.45) is -0.650. The summed E-state index contributed by atoms with van der Waals surface area (Å²) in [7, 11) is 0. The highest BCUT2D eigenvalue weighted by Crippen LogP contribution is 2.32. The molecule has 3 rings (SSSR count). The number of pyridine rings is 1. The summed E-state index contributed by atoms with van der Waals surface area (Å²) in [5.74, 6) is -0.525. The van der Waals surface area contributed by atoms with Crippen molar-refractivity contribution < 1.29 is 27.9 Å². The molecule has 8 nitrogen and oxygen atoms in total. The summed E-state index contributed by atoms with van der Waals surface area (Å²) in [6, 6.07) is 7.00. The molecular formula is C26H30F3N5O3. The first-order chi connectivity index (χ1) is 17.3.